The molecule has 4 rings (SSSR count). The van der Waals surface area contributed by atoms with Crippen LogP contribution in [0, 0.1) is 6.92 Å². The minimum absolute atomic E-state index is 0.139. The van der Waals surface area contributed by atoms with Crippen molar-refractivity contribution in [1.82, 2.24) is 0 Å². The smallest absolute Gasteiger partial charge is 0.337 e. The van der Waals surface area contributed by atoms with E-state index in [0.717, 1.165) is 21.2 Å². The van der Waals surface area contributed by atoms with Crippen LogP contribution in [0.2, 0.25) is 0 Å². The Morgan fingerprint density at radius 2 is 1.77 bits per heavy atom. The number of ketones is 1. The van der Waals surface area contributed by atoms with Crippen molar-refractivity contribution in [2.75, 3.05) is 7.11 Å². The molecule has 0 aliphatic carbocycles. The van der Waals surface area contributed by atoms with Gasteiger partial charge in [-0.25, -0.2) is 4.79 Å². The second-order valence-corrected chi connectivity index (χ2v) is 8.00. The Labute approximate surface area is 188 Å². The molecule has 0 aromatic heterocycles. The molecule has 1 aliphatic heterocycles. The standard InChI is InChI=1S/C25H19BrO5/c1-15-11-20(30-14-17-3-7-18(8-4-17)25(28)29-2)13-21-23(15)24(27)22(31-21)12-16-5-9-19(26)10-6-16/h3-13H,14H2,1-2H3/b22-12-. The average molecular weight is 479 g/mol. The Hall–Kier alpha value is -3.38. The molecule has 0 unspecified atom stereocenters. The molecule has 5 nitrogen and oxygen atoms in total. The Kier molecular flexibility index (Phi) is 5.91. The zero-order chi connectivity index (χ0) is 22.0. The molecule has 0 fully saturated rings. The third kappa shape index (κ3) is 4.54. The first-order chi connectivity index (χ1) is 14.9. The first kappa shape index (κ1) is 20.9. The molecule has 0 radical (unpaired) electrons. The number of hydrogen-bond acceptors (Lipinski definition) is 5. The number of aryl methyl sites for hydroxylation is 1. The lowest BCUT2D eigenvalue weighted by molar-refractivity contribution is 0.0600. The maximum atomic E-state index is 12.8. The summed E-state index contributed by atoms with van der Waals surface area (Å²) in [4.78, 5) is 24.3. The van der Waals surface area contributed by atoms with Crippen molar-refractivity contribution in [2.45, 2.75) is 13.5 Å². The highest BCUT2D eigenvalue weighted by Crippen LogP contribution is 2.37. The van der Waals surface area contributed by atoms with Gasteiger partial charge in [0.2, 0.25) is 5.78 Å². The highest BCUT2D eigenvalue weighted by atomic mass is 79.9. The van der Waals surface area contributed by atoms with Crippen LogP contribution in [0.1, 0.15) is 37.4 Å². The number of fused-ring (bicyclic) bond motifs is 1. The Bertz CT molecular complexity index is 1180. The monoisotopic (exact) mass is 478 g/mol. The highest BCUT2D eigenvalue weighted by molar-refractivity contribution is 9.10. The SMILES string of the molecule is COC(=O)c1ccc(COc2cc(C)c3c(c2)O/C(=C\c2ccc(Br)cc2)C3=O)cc1. The maximum absolute atomic E-state index is 12.8. The summed E-state index contributed by atoms with van der Waals surface area (Å²) in [6.07, 6.45) is 1.73. The van der Waals surface area contributed by atoms with Crippen LogP contribution in [0.5, 0.6) is 11.5 Å². The molecule has 3 aromatic carbocycles. The molecule has 31 heavy (non-hydrogen) atoms. The van der Waals surface area contributed by atoms with E-state index < -0.39 is 0 Å². The molecular weight excluding hydrogens is 460 g/mol. The normalized spacial score (nSPS) is 13.6. The average Bonchev–Trinajstić information content (AvgIpc) is 3.09. The van der Waals surface area contributed by atoms with Crippen LogP contribution in [-0.4, -0.2) is 18.9 Å². The summed E-state index contributed by atoms with van der Waals surface area (Å²) in [6.45, 7) is 2.18. The van der Waals surface area contributed by atoms with Crippen LogP contribution in [0.4, 0.5) is 0 Å². The van der Waals surface area contributed by atoms with Crippen molar-refractivity contribution in [3.63, 3.8) is 0 Å². The van der Waals surface area contributed by atoms with Gasteiger partial charge in [-0.1, -0.05) is 40.2 Å². The lowest BCUT2D eigenvalue weighted by Gasteiger charge is -2.09. The first-order valence-corrected chi connectivity index (χ1v) is 10.4. The number of carbonyl (C=O) groups is 2. The van der Waals surface area contributed by atoms with Gasteiger partial charge in [0.05, 0.1) is 18.2 Å². The Balaban J connectivity index is 1.50. The van der Waals surface area contributed by atoms with E-state index in [1.165, 1.54) is 7.11 Å². The largest absolute Gasteiger partial charge is 0.489 e. The van der Waals surface area contributed by atoms with Crippen LogP contribution in [-0.2, 0) is 11.3 Å². The van der Waals surface area contributed by atoms with Crippen molar-refractivity contribution >= 4 is 33.8 Å². The summed E-state index contributed by atoms with van der Waals surface area (Å²) in [6, 6.07) is 18.2. The highest BCUT2D eigenvalue weighted by Gasteiger charge is 2.30. The molecule has 0 atom stereocenters. The first-order valence-electron chi connectivity index (χ1n) is 9.59. The molecule has 0 spiro atoms. The van der Waals surface area contributed by atoms with Crippen LogP contribution in [0.15, 0.2) is 70.9 Å². The Morgan fingerprint density at radius 3 is 2.45 bits per heavy atom. The fourth-order valence-electron chi connectivity index (χ4n) is 3.29. The van der Waals surface area contributed by atoms with E-state index in [0.29, 0.717) is 29.2 Å². The second-order valence-electron chi connectivity index (χ2n) is 7.08. The predicted octanol–water partition coefficient (Wildman–Crippen LogP) is 5.74. The molecule has 156 valence electrons. The van der Waals surface area contributed by atoms with Crippen molar-refractivity contribution in [1.29, 1.82) is 0 Å². The molecule has 1 aliphatic rings. The number of carbonyl (C=O) groups excluding carboxylic acids is 2. The summed E-state index contributed by atoms with van der Waals surface area (Å²) in [5.41, 5.74) is 3.61. The minimum Gasteiger partial charge on any atom is -0.489 e. The molecule has 3 aromatic rings. The number of benzene rings is 3. The van der Waals surface area contributed by atoms with E-state index in [2.05, 4.69) is 15.9 Å². The molecule has 0 saturated carbocycles. The quantitative estimate of drug-likeness (QED) is 0.345. The van der Waals surface area contributed by atoms with Crippen LogP contribution < -0.4 is 9.47 Å². The van der Waals surface area contributed by atoms with E-state index in [9.17, 15) is 9.59 Å². The minimum atomic E-state index is -0.379. The summed E-state index contributed by atoms with van der Waals surface area (Å²) in [5.74, 6) is 0.863. The van der Waals surface area contributed by atoms with E-state index in [1.807, 2.05) is 49.4 Å². The maximum Gasteiger partial charge on any atom is 0.337 e. The van der Waals surface area contributed by atoms with Gasteiger partial charge >= 0.3 is 5.97 Å². The molecule has 0 saturated heterocycles. The number of ether oxygens (including phenoxy) is 3. The third-order valence-corrected chi connectivity index (χ3v) is 5.42. The van der Waals surface area contributed by atoms with Crippen molar-refractivity contribution in [2.24, 2.45) is 0 Å². The zero-order valence-electron chi connectivity index (χ0n) is 17.0. The van der Waals surface area contributed by atoms with Gasteiger partial charge in [0.25, 0.3) is 0 Å². The summed E-state index contributed by atoms with van der Waals surface area (Å²) >= 11 is 3.40. The van der Waals surface area contributed by atoms with E-state index in [-0.39, 0.29) is 17.5 Å². The van der Waals surface area contributed by atoms with Gasteiger partial charge in [0.15, 0.2) is 5.76 Å². The summed E-state index contributed by atoms with van der Waals surface area (Å²) < 4.78 is 17.4. The van der Waals surface area contributed by atoms with Gasteiger partial charge in [-0.3, -0.25) is 4.79 Å². The topological polar surface area (TPSA) is 61.8 Å². The molecule has 0 N–H and O–H groups in total. The predicted molar refractivity (Wildman–Crippen MR) is 120 cm³/mol. The van der Waals surface area contributed by atoms with Gasteiger partial charge in [-0.15, -0.1) is 0 Å². The molecule has 0 bridgehead atoms. The number of halogens is 1. The van der Waals surface area contributed by atoms with Crippen molar-refractivity contribution < 1.29 is 23.8 Å². The van der Waals surface area contributed by atoms with E-state index in [4.69, 9.17) is 14.2 Å². The molecular formula is C25H19BrO5. The van der Waals surface area contributed by atoms with Gasteiger partial charge < -0.3 is 14.2 Å². The van der Waals surface area contributed by atoms with E-state index in [1.54, 1.807) is 24.3 Å². The van der Waals surface area contributed by atoms with Gasteiger partial charge in [-0.05, 0) is 60.0 Å². The van der Waals surface area contributed by atoms with Gasteiger partial charge in [0, 0.05) is 10.5 Å². The third-order valence-electron chi connectivity index (χ3n) is 4.89. The number of rotatable bonds is 5. The van der Waals surface area contributed by atoms with Crippen molar-refractivity contribution in [3.05, 3.63) is 98.7 Å². The number of methoxy groups -OCH3 is 1. The van der Waals surface area contributed by atoms with Crippen LogP contribution in [0.25, 0.3) is 6.08 Å². The van der Waals surface area contributed by atoms with Crippen LogP contribution in [0.3, 0.4) is 0 Å². The molecule has 0 amide bonds. The lowest BCUT2D eigenvalue weighted by atomic mass is 10.0. The Morgan fingerprint density at radius 1 is 1.06 bits per heavy atom. The van der Waals surface area contributed by atoms with Crippen molar-refractivity contribution in [3.8, 4) is 11.5 Å². The van der Waals surface area contributed by atoms with Crippen LogP contribution >= 0.6 is 15.9 Å². The number of allylic oxidation sites excluding steroid dienone is 1. The second kappa shape index (κ2) is 8.78. The zero-order valence-corrected chi connectivity index (χ0v) is 18.6. The summed E-state index contributed by atoms with van der Waals surface area (Å²) in [5, 5.41) is 0. The van der Waals surface area contributed by atoms with Gasteiger partial charge in [0.1, 0.15) is 18.1 Å². The van der Waals surface area contributed by atoms with Gasteiger partial charge in [-0.2, -0.15) is 0 Å². The number of hydrogen-bond donors (Lipinski definition) is 0. The number of Topliss-reactive ketones (excluding diaryl/α,β-unsaturated/α-hetero) is 1. The lowest BCUT2D eigenvalue weighted by Crippen LogP contribution is -2.02. The van der Waals surface area contributed by atoms with E-state index >= 15 is 0 Å². The molecule has 1 heterocycles. The fourth-order valence-corrected chi connectivity index (χ4v) is 3.56. The summed E-state index contributed by atoms with van der Waals surface area (Å²) in [7, 11) is 1.35. The fraction of sp³-hybridized carbons (Fsp3) is 0.120. The number of esters is 1. The molecule has 6 heteroatoms.